The molecule has 0 spiro atoms. The molecule has 34 heavy (non-hydrogen) atoms. The summed E-state index contributed by atoms with van der Waals surface area (Å²) in [6.45, 7) is 2.69. The van der Waals surface area contributed by atoms with E-state index in [0.29, 0.717) is 12.0 Å². The van der Waals surface area contributed by atoms with Gasteiger partial charge in [-0.3, -0.25) is 4.79 Å². The maximum Gasteiger partial charge on any atom is 0.508 e. The van der Waals surface area contributed by atoms with Gasteiger partial charge in [-0.2, -0.15) is 0 Å². The Morgan fingerprint density at radius 2 is 1.41 bits per heavy atom. The van der Waals surface area contributed by atoms with Gasteiger partial charge >= 0.3 is 18.3 Å². The molecule has 2 aromatic rings. The molecule has 0 N–H and O–H groups in total. The SMILES string of the molecule is Cc1ccc(Cc2ccc(C(=O)OCC3COC(=O)O3)cc2)cc1.O=COCC1COC(=O)O1. The molecule has 2 aliphatic rings. The zero-order valence-electron chi connectivity index (χ0n) is 18.5. The molecule has 2 aliphatic heterocycles. The highest BCUT2D eigenvalue weighted by atomic mass is 16.8. The molecule has 10 nitrogen and oxygen atoms in total. The van der Waals surface area contributed by atoms with Crippen LogP contribution in [0, 0.1) is 6.92 Å². The van der Waals surface area contributed by atoms with Crippen LogP contribution in [0.25, 0.3) is 0 Å². The van der Waals surface area contributed by atoms with Crippen molar-refractivity contribution >= 4 is 24.8 Å². The van der Waals surface area contributed by atoms with Crippen molar-refractivity contribution in [3.63, 3.8) is 0 Å². The van der Waals surface area contributed by atoms with Crippen molar-refractivity contribution in [2.45, 2.75) is 25.6 Å². The van der Waals surface area contributed by atoms with E-state index in [1.807, 2.05) is 12.1 Å². The quantitative estimate of drug-likeness (QED) is 0.322. The minimum atomic E-state index is -0.725. The number of hydrogen-bond donors (Lipinski definition) is 0. The van der Waals surface area contributed by atoms with Gasteiger partial charge in [0.2, 0.25) is 0 Å². The molecule has 4 rings (SSSR count). The van der Waals surface area contributed by atoms with Gasteiger partial charge in [0.1, 0.15) is 26.4 Å². The molecule has 0 aliphatic carbocycles. The lowest BCUT2D eigenvalue weighted by atomic mass is 10.0. The minimum Gasteiger partial charge on any atom is -0.464 e. The third kappa shape index (κ3) is 7.80. The fourth-order valence-electron chi connectivity index (χ4n) is 2.99. The van der Waals surface area contributed by atoms with Crippen molar-refractivity contribution < 1.29 is 47.6 Å². The third-order valence-corrected chi connectivity index (χ3v) is 4.77. The molecule has 0 aromatic heterocycles. The van der Waals surface area contributed by atoms with Crippen molar-refractivity contribution in [1.29, 1.82) is 0 Å². The van der Waals surface area contributed by atoms with Crippen molar-refractivity contribution in [2.24, 2.45) is 0 Å². The zero-order chi connectivity index (χ0) is 24.3. The number of rotatable bonds is 8. The van der Waals surface area contributed by atoms with E-state index in [4.69, 9.17) is 9.47 Å². The fourth-order valence-corrected chi connectivity index (χ4v) is 2.99. The number of carbonyl (C=O) groups excluding carboxylic acids is 4. The van der Waals surface area contributed by atoms with E-state index >= 15 is 0 Å². The molecule has 2 aromatic carbocycles. The summed E-state index contributed by atoms with van der Waals surface area (Å²) in [5, 5.41) is 0. The summed E-state index contributed by atoms with van der Waals surface area (Å²) in [5.74, 6) is -0.445. The lowest BCUT2D eigenvalue weighted by Gasteiger charge is -2.08. The number of carbonyl (C=O) groups is 4. The van der Waals surface area contributed by atoms with Crippen molar-refractivity contribution in [3.05, 3.63) is 70.8 Å². The molecule has 2 fully saturated rings. The molecule has 10 heteroatoms. The first-order valence-corrected chi connectivity index (χ1v) is 10.5. The number of ether oxygens (including phenoxy) is 6. The summed E-state index contributed by atoms with van der Waals surface area (Å²) in [6, 6.07) is 15.7. The highest BCUT2D eigenvalue weighted by Gasteiger charge is 2.26. The summed E-state index contributed by atoms with van der Waals surface area (Å²) in [4.78, 5) is 42.6. The number of cyclic esters (lactones) is 4. The Labute approximate surface area is 195 Å². The first-order chi connectivity index (χ1) is 16.4. The molecular weight excluding hydrogens is 448 g/mol. The first-order valence-electron chi connectivity index (χ1n) is 10.5. The Kier molecular flexibility index (Phi) is 8.84. The van der Waals surface area contributed by atoms with Gasteiger partial charge in [0.25, 0.3) is 6.47 Å². The van der Waals surface area contributed by atoms with Crippen LogP contribution in [0.15, 0.2) is 48.5 Å². The van der Waals surface area contributed by atoms with Crippen LogP contribution >= 0.6 is 0 Å². The Morgan fingerprint density at radius 3 is 1.91 bits per heavy atom. The summed E-state index contributed by atoms with van der Waals surface area (Å²) < 4.78 is 27.8. The molecule has 2 heterocycles. The highest BCUT2D eigenvalue weighted by Crippen LogP contribution is 2.13. The van der Waals surface area contributed by atoms with Crippen molar-refractivity contribution in [3.8, 4) is 0 Å². The molecule has 0 amide bonds. The molecule has 2 atom stereocenters. The normalized spacial score (nSPS) is 18.4. The molecule has 0 bridgehead atoms. The molecule has 2 saturated heterocycles. The van der Waals surface area contributed by atoms with Gasteiger partial charge in [-0.1, -0.05) is 42.0 Å². The number of benzene rings is 2. The van der Waals surface area contributed by atoms with Crippen LogP contribution in [0.4, 0.5) is 9.59 Å². The summed E-state index contributed by atoms with van der Waals surface area (Å²) in [5.41, 5.74) is 4.04. The van der Waals surface area contributed by atoms with Crippen LogP contribution in [0.3, 0.4) is 0 Å². The van der Waals surface area contributed by atoms with E-state index < -0.39 is 30.5 Å². The van der Waals surface area contributed by atoms with Crippen LogP contribution in [0.1, 0.15) is 27.0 Å². The summed E-state index contributed by atoms with van der Waals surface area (Å²) >= 11 is 0. The van der Waals surface area contributed by atoms with Gasteiger partial charge in [0, 0.05) is 0 Å². The smallest absolute Gasteiger partial charge is 0.464 e. The van der Waals surface area contributed by atoms with Crippen LogP contribution in [0.2, 0.25) is 0 Å². The number of aryl methyl sites for hydroxylation is 1. The van der Waals surface area contributed by atoms with E-state index in [9.17, 15) is 19.2 Å². The van der Waals surface area contributed by atoms with Crippen LogP contribution in [-0.2, 0) is 39.6 Å². The van der Waals surface area contributed by atoms with Gasteiger partial charge in [-0.15, -0.1) is 0 Å². The highest BCUT2D eigenvalue weighted by molar-refractivity contribution is 5.89. The predicted molar refractivity (Wildman–Crippen MR) is 115 cm³/mol. The Bertz CT molecular complexity index is 984. The van der Waals surface area contributed by atoms with Gasteiger partial charge in [0.15, 0.2) is 12.2 Å². The topological polar surface area (TPSA) is 124 Å². The maximum absolute atomic E-state index is 12.0. The Balaban J connectivity index is 0.000000271. The predicted octanol–water partition coefficient (Wildman–Crippen LogP) is 2.97. The third-order valence-electron chi connectivity index (χ3n) is 4.77. The standard InChI is InChI=1S/C19H18O5.C5H6O5/c1-13-2-4-14(5-3-13)10-15-6-8-16(9-7-15)18(20)22-11-17-12-23-19(21)24-17;6-3-8-1-4-2-9-5(7)10-4/h2-9,17H,10-12H2,1H3;3-4H,1-2H2. The average molecular weight is 472 g/mol. The fraction of sp³-hybridized carbons (Fsp3) is 0.333. The summed E-state index contributed by atoms with van der Waals surface area (Å²) in [7, 11) is 0. The van der Waals surface area contributed by atoms with Gasteiger partial charge in [0.05, 0.1) is 5.56 Å². The molecule has 0 radical (unpaired) electrons. The monoisotopic (exact) mass is 472 g/mol. The lowest BCUT2D eigenvalue weighted by Crippen LogP contribution is -2.20. The zero-order valence-corrected chi connectivity index (χ0v) is 18.5. The minimum absolute atomic E-state index is 0.00427. The average Bonchev–Trinajstić information content (AvgIpc) is 3.46. The van der Waals surface area contributed by atoms with Crippen LogP contribution in [-0.4, -0.2) is 63.4 Å². The largest absolute Gasteiger partial charge is 0.508 e. The first kappa shape index (κ1) is 24.6. The maximum atomic E-state index is 12.0. The lowest BCUT2D eigenvalue weighted by molar-refractivity contribution is -0.130. The Hall–Kier alpha value is -4.08. The second-order valence-corrected chi connectivity index (χ2v) is 7.49. The van der Waals surface area contributed by atoms with Gasteiger partial charge in [-0.25, -0.2) is 14.4 Å². The van der Waals surface area contributed by atoms with E-state index in [1.165, 1.54) is 11.1 Å². The van der Waals surface area contributed by atoms with Crippen molar-refractivity contribution in [2.75, 3.05) is 26.4 Å². The number of esters is 1. The summed E-state index contributed by atoms with van der Waals surface area (Å²) in [6.07, 6.45) is -1.58. The molecule has 2 unspecified atom stereocenters. The van der Waals surface area contributed by atoms with Gasteiger partial charge < -0.3 is 28.4 Å². The molecule has 0 saturated carbocycles. The van der Waals surface area contributed by atoms with Gasteiger partial charge in [-0.05, 0) is 36.6 Å². The second kappa shape index (κ2) is 12.2. The van der Waals surface area contributed by atoms with E-state index in [2.05, 4.69) is 50.1 Å². The van der Waals surface area contributed by atoms with E-state index in [-0.39, 0.29) is 26.4 Å². The molecular formula is C24H24O10. The van der Waals surface area contributed by atoms with Crippen LogP contribution in [0.5, 0.6) is 0 Å². The van der Waals surface area contributed by atoms with E-state index in [0.717, 1.165) is 12.0 Å². The van der Waals surface area contributed by atoms with Crippen molar-refractivity contribution in [1.82, 2.24) is 0 Å². The second-order valence-electron chi connectivity index (χ2n) is 7.49. The van der Waals surface area contributed by atoms with Crippen LogP contribution < -0.4 is 0 Å². The Morgan fingerprint density at radius 1 is 0.882 bits per heavy atom. The van der Waals surface area contributed by atoms with E-state index in [1.54, 1.807) is 12.1 Å². The molecule has 180 valence electrons. The number of hydrogen-bond acceptors (Lipinski definition) is 10.